The van der Waals surface area contributed by atoms with Crippen LogP contribution in [-0.2, 0) is 12.7 Å². The van der Waals surface area contributed by atoms with Gasteiger partial charge in [-0.3, -0.25) is 14.7 Å². The van der Waals surface area contributed by atoms with Gasteiger partial charge in [0.2, 0.25) is 0 Å². The molecule has 9 heteroatoms. The van der Waals surface area contributed by atoms with Gasteiger partial charge in [-0.05, 0) is 61.6 Å². The SMILES string of the molecule is Cc1c(CN2CC3CC2CN3C(=O)c2ccc(C(F)(F)F)nc2)ccc(OCCCC#N)c1C. The van der Waals surface area contributed by atoms with Gasteiger partial charge in [0.15, 0.2) is 0 Å². The smallest absolute Gasteiger partial charge is 0.433 e. The van der Waals surface area contributed by atoms with Gasteiger partial charge >= 0.3 is 6.18 Å². The predicted molar refractivity (Wildman–Crippen MR) is 119 cm³/mol. The minimum absolute atomic E-state index is 0.0453. The molecular weight excluding hydrogens is 445 g/mol. The molecule has 4 rings (SSSR count). The molecule has 1 aromatic heterocycles. The van der Waals surface area contributed by atoms with Gasteiger partial charge in [-0.25, -0.2) is 0 Å². The standard InChI is InChI=1S/C25H27F3N4O2/c1-16-17(2)22(34-10-4-3-9-29)7-5-19(16)13-31-14-21-11-20(31)15-32(21)24(33)18-6-8-23(30-12-18)25(26,27)28/h5-8,12,20-21H,3-4,10-11,13-15H2,1-2H3. The van der Waals surface area contributed by atoms with Crippen LogP contribution in [0.15, 0.2) is 30.5 Å². The van der Waals surface area contributed by atoms with Crippen molar-refractivity contribution in [1.82, 2.24) is 14.8 Å². The molecule has 0 radical (unpaired) electrons. The van der Waals surface area contributed by atoms with Crippen molar-refractivity contribution in [2.75, 3.05) is 19.7 Å². The Morgan fingerprint density at radius 1 is 1.18 bits per heavy atom. The van der Waals surface area contributed by atoms with Crippen molar-refractivity contribution in [3.05, 3.63) is 58.4 Å². The Morgan fingerprint density at radius 2 is 1.97 bits per heavy atom. The molecule has 2 bridgehead atoms. The molecule has 2 unspecified atom stereocenters. The highest BCUT2D eigenvalue weighted by Crippen LogP contribution is 2.35. The van der Waals surface area contributed by atoms with E-state index >= 15 is 0 Å². The highest BCUT2D eigenvalue weighted by molar-refractivity contribution is 5.94. The second-order valence-electron chi connectivity index (χ2n) is 8.94. The summed E-state index contributed by atoms with van der Waals surface area (Å²) in [6, 6.07) is 8.50. The van der Waals surface area contributed by atoms with Crippen LogP contribution in [0.5, 0.6) is 5.75 Å². The van der Waals surface area contributed by atoms with Crippen molar-refractivity contribution in [2.24, 2.45) is 0 Å². The number of carbonyl (C=O) groups is 1. The third-order valence-electron chi connectivity index (χ3n) is 6.83. The number of hydrogen-bond acceptors (Lipinski definition) is 5. The fraction of sp³-hybridized carbons (Fsp3) is 0.480. The maximum absolute atomic E-state index is 12.9. The molecule has 2 aromatic rings. The molecule has 1 aromatic carbocycles. The third-order valence-corrected chi connectivity index (χ3v) is 6.83. The van der Waals surface area contributed by atoms with Crippen LogP contribution >= 0.6 is 0 Å². The first-order valence-corrected chi connectivity index (χ1v) is 11.4. The monoisotopic (exact) mass is 472 g/mol. The number of nitrogens with zero attached hydrogens (tertiary/aromatic N) is 4. The summed E-state index contributed by atoms with van der Waals surface area (Å²) >= 11 is 0. The molecule has 2 fully saturated rings. The van der Waals surface area contributed by atoms with Gasteiger partial charge in [-0.15, -0.1) is 0 Å². The van der Waals surface area contributed by atoms with E-state index < -0.39 is 11.9 Å². The fourth-order valence-electron chi connectivity index (χ4n) is 4.78. The van der Waals surface area contributed by atoms with Crippen LogP contribution in [-0.4, -0.2) is 52.5 Å². The normalized spacial score (nSPS) is 19.9. The maximum atomic E-state index is 12.9. The van der Waals surface area contributed by atoms with Gasteiger partial charge in [0.1, 0.15) is 11.4 Å². The summed E-state index contributed by atoms with van der Waals surface area (Å²) in [5, 5.41) is 8.65. The van der Waals surface area contributed by atoms with Gasteiger partial charge in [0.25, 0.3) is 5.91 Å². The minimum atomic E-state index is -4.52. The summed E-state index contributed by atoms with van der Waals surface area (Å²) in [7, 11) is 0. The van der Waals surface area contributed by atoms with Gasteiger partial charge in [-0.1, -0.05) is 6.07 Å². The number of rotatable bonds is 7. The largest absolute Gasteiger partial charge is 0.493 e. The summed E-state index contributed by atoms with van der Waals surface area (Å²) in [5.41, 5.74) is 2.65. The van der Waals surface area contributed by atoms with Crippen molar-refractivity contribution >= 4 is 5.91 Å². The molecule has 180 valence electrons. The molecule has 2 saturated heterocycles. The van der Waals surface area contributed by atoms with E-state index in [-0.39, 0.29) is 23.6 Å². The Hall–Kier alpha value is -3.12. The number of alkyl halides is 3. The fourth-order valence-corrected chi connectivity index (χ4v) is 4.78. The lowest BCUT2D eigenvalue weighted by molar-refractivity contribution is -0.141. The van der Waals surface area contributed by atoms with Crippen molar-refractivity contribution in [1.29, 1.82) is 5.26 Å². The molecule has 2 aliphatic heterocycles. The molecule has 6 nitrogen and oxygen atoms in total. The number of unbranched alkanes of at least 4 members (excludes halogenated alkanes) is 1. The number of carbonyl (C=O) groups excluding carboxylic acids is 1. The summed E-state index contributed by atoms with van der Waals surface area (Å²) in [4.78, 5) is 20.4. The highest BCUT2D eigenvalue weighted by atomic mass is 19.4. The number of nitriles is 1. The summed E-state index contributed by atoms with van der Waals surface area (Å²) in [6.45, 7) is 6.69. The van der Waals surface area contributed by atoms with E-state index in [0.29, 0.717) is 26.0 Å². The number of amides is 1. The van der Waals surface area contributed by atoms with Gasteiger partial charge in [-0.2, -0.15) is 18.4 Å². The Balaban J connectivity index is 1.36. The number of halogens is 3. The minimum Gasteiger partial charge on any atom is -0.493 e. The van der Waals surface area contributed by atoms with Crippen LogP contribution in [0.25, 0.3) is 0 Å². The van der Waals surface area contributed by atoms with Crippen LogP contribution in [0.4, 0.5) is 13.2 Å². The molecule has 3 heterocycles. The summed E-state index contributed by atoms with van der Waals surface area (Å²) in [6.07, 6.45) is -1.47. The average molecular weight is 473 g/mol. The molecule has 1 amide bonds. The van der Waals surface area contributed by atoms with Crippen LogP contribution < -0.4 is 4.74 Å². The van der Waals surface area contributed by atoms with Crippen molar-refractivity contribution in [2.45, 2.75) is 57.9 Å². The second-order valence-corrected chi connectivity index (χ2v) is 8.94. The van der Waals surface area contributed by atoms with Crippen LogP contribution in [0, 0.1) is 25.2 Å². The number of fused-ring (bicyclic) bond motifs is 2. The summed E-state index contributed by atoms with van der Waals surface area (Å²) in [5.74, 6) is 0.572. The van der Waals surface area contributed by atoms with Crippen LogP contribution in [0.1, 0.15) is 52.0 Å². The molecule has 2 aliphatic rings. The van der Waals surface area contributed by atoms with Crippen molar-refractivity contribution in [3.8, 4) is 11.8 Å². The molecule has 34 heavy (non-hydrogen) atoms. The first-order chi connectivity index (χ1) is 16.2. The van der Waals surface area contributed by atoms with E-state index in [4.69, 9.17) is 10.00 Å². The lowest BCUT2D eigenvalue weighted by Crippen LogP contribution is -2.48. The van der Waals surface area contributed by atoms with E-state index in [2.05, 4.69) is 28.9 Å². The summed E-state index contributed by atoms with van der Waals surface area (Å²) < 4.78 is 44.1. The predicted octanol–water partition coefficient (Wildman–Crippen LogP) is 4.50. The van der Waals surface area contributed by atoms with Gasteiger partial charge < -0.3 is 9.64 Å². The zero-order valence-electron chi connectivity index (χ0n) is 19.2. The number of ether oxygens (including phenoxy) is 1. The van der Waals surface area contributed by atoms with Crippen LogP contribution in [0.3, 0.4) is 0 Å². The quantitative estimate of drug-likeness (QED) is 0.555. The number of benzene rings is 1. The number of piperazine rings is 1. The molecule has 0 spiro atoms. The Labute approximate surface area is 196 Å². The maximum Gasteiger partial charge on any atom is 0.433 e. The molecule has 0 N–H and O–H groups in total. The zero-order valence-corrected chi connectivity index (χ0v) is 19.2. The number of hydrogen-bond donors (Lipinski definition) is 0. The average Bonchev–Trinajstić information content (AvgIpc) is 3.41. The first kappa shape index (κ1) is 24.0. The first-order valence-electron chi connectivity index (χ1n) is 11.4. The Morgan fingerprint density at radius 3 is 2.59 bits per heavy atom. The third kappa shape index (κ3) is 4.87. The van der Waals surface area contributed by atoms with Gasteiger partial charge in [0, 0.05) is 44.3 Å². The lowest BCUT2D eigenvalue weighted by atomic mass is 10.0. The van der Waals surface area contributed by atoms with E-state index in [1.807, 2.05) is 13.0 Å². The van der Waals surface area contributed by atoms with Crippen molar-refractivity contribution in [3.63, 3.8) is 0 Å². The zero-order chi connectivity index (χ0) is 24.5. The Bertz CT molecular complexity index is 1100. The highest BCUT2D eigenvalue weighted by Gasteiger charge is 2.45. The van der Waals surface area contributed by atoms with E-state index in [9.17, 15) is 18.0 Å². The number of pyridine rings is 1. The van der Waals surface area contributed by atoms with Crippen LogP contribution in [0.2, 0.25) is 0 Å². The Kier molecular flexibility index (Phi) is 6.80. The van der Waals surface area contributed by atoms with Gasteiger partial charge in [0.05, 0.1) is 18.2 Å². The van der Waals surface area contributed by atoms with E-state index in [1.165, 1.54) is 17.2 Å². The topological polar surface area (TPSA) is 69.5 Å². The molecule has 0 saturated carbocycles. The van der Waals surface area contributed by atoms with Crippen molar-refractivity contribution < 1.29 is 22.7 Å². The number of likely N-dealkylation sites (tertiary alicyclic amines) is 2. The molecular formula is C25H27F3N4O2. The lowest BCUT2D eigenvalue weighted by Gasteiger charge is -2.34. The number of aromatic nitrogens is 1. The molecule has 2 atom stereocenters. The molecule has 0 aliphatic carbocycles. The second kappa shape index (κ2) is 9.63. The van der Waals surface area contributed by atoms with E-state index in [1.54, 1.807) is 4.90 Å². The van der Waals surface area contributed by atoms with E-state index in [0.717, 1.165) is 43.1 Å².